The fourth-order valence-corrected chi connectivity index (χ4v) is 2.98. The standard InChI is InChI=1S/C23H20F4N2O/c1-3-5-6-7-14-12-28-23(29-13-14)17-9-8-15(19(24)21(17)26)16-10-11-18(30-4-2)22(27)20(16)25/h3,5,8-13H,4,6-7H2,1-2H3. The molecule has 7 heteroatoms. The first-order chi connectivity index (χ1) is 14.5. The van der Waals surface area contributed by atoms with Gasteiger partial charge in [-0.1, -0.05) is 18.2 Å². The summed E-state index contributed by atoms with van der Waals surface area (Å²) in [5, 5.41) is 0. The van der Waals surface area contributed by atoms with Gasteiger partial charge in [0, 0.05) is 23.5 Å². The van der Waals surface area contributed by atoms with E-state index in [1.165, 1.54) is 18.2 Å². The maximum Gasteiger partial charge on any atom is 0.201 e. The zero-order valence-corrected chi connectivity index (χ0v) is 16.6. The van der Waals surface area contributed by atoms with Gasteiger partial charge in [0.25, 0.3) is 0 Å². The summed E-state index contributed by atoms with van der Waals surface area (Å²) in [6.45, 7) is 3.69. The molecule has 1 heterocycles. The van der Waals surface area contributed by atoms with Crippen molar-refractivity contribution < 1.29 is 22.3 Å². The van der Waals surface area contributed by atoms with Crippen molar-refractivity contribution in [3.8, 4) is 28.3 Å². The first-order valence-electron chi connectivity index (χ1n) is 9.49. The number of allylic oxidation sites excluding steroid dienone is 2. The van der Waals surface area contributed by atoms with Gasteiger partial charge in [0.1, 0.15) is 0 Å². The van der Waals surface area contributed by atoms with E-state index in [9.17, 15) is 17.6 Å². The Labute approximate surface area is 172 Å². The van der Waals surface area contributed by atoms with Crippen LogP contribution in [0.4, 0.5) is 17.6 Å². The van der Waals surface area contributed by atoms with E-state index in [1.807, 2.05) is 19.1 Å². The molecule has 0 aliphatic rings. The fourth-order valence-electron chi connectivity index (χ4n) is 2.98. The van der Waals surface area contributed by atoms with E-state index in [0.717, 1.165) is 24.5 Å². The molecule has 3 rings (SSSR count). The third kappa shape index (κ3) is 4.35. The quantitative estimate of drug-likeness (QED) is 0.336. The molecular formula is C23H20F4N2O. The van der Waals surface area contributed by atoms with Crippen molar-refractivity contribution in [2.75, 3.05) is 6.61 Å². The third-order valence-electron chi connectivity index (χ3n) is 4.50. The summed E-state index contributed by atoms with van der Waals surface area (Å²) in [5.74, 6) is -5.40. The second-order valence-corrected chi connectivity index (χ2v) is 6.48. The van der Waals surface area contributed by atoms with Gasteiger partial charge in [-0.15, -0.1) is 0 Å². The summed E-state index contributed by atoms with van der Waals surface area (Å²) < 4.78 is 62.9. The second kappa shape index (κ2) is 9.52. The first kappa shape index (κ1) is 21.5. The summed E-state index contributed by atoms with van der Waals surface area (Å²) >= 11 is 0. The van der Waals surface area contributed by atoms with Gasteiger partial charge in [-0.3, -0.25) is 0 Å². The third-order valence-corrected chi connectivity index (χ3v) is 4.50. The molecule has 0 fully saturated rings. The highest BCUT2D eigenvalue weighted by molar-refractivity contribution is 5.70. The molecule has 0 spiro atoms. The van der Waals surface area contributed by atoms with Gasteiger partial charge in [0.15, 0.2) is 29.0 Å². The van der Waals surface area contributed by atoms with Crippen LogP contribution >= 0.6 is 0 Å². The lowest BCUT2D eigenvalue weighted by Gasteiger charge is -2.11. The molecule has 156 valence electrons. The molecule has 30 heavy (non-hydrogen) atoms. The Hall–Kier alpha value is -3.22. The minimum absolute atomic E-state index is 0.00563. The van der Waals surface area contributed by atoms with Gasteiger partial charge in [-0.05, 0) is 50.5 Å². The lowest BCUT2D eigenvalue weighted by atomic mass is 10.0. The highest BCUT2D eigenvalue weighted by Gasteiger charge is 2.22. The predicted molar refractivity (Wildman–Crippen MR) is 107 cm³/mol. The normalized spacial score (nSPS) is 11.3. The van der Waals surface area contributed by atoms with Crippen LogP contribution in [0.25, 0.3) is 22.5 Å². The van der Waals surface area contributed by atoms with E-state index >= 15 is 0 Å². The molecule has 0 saturated heterocycles. The van der Waals surface area contributed by atoms with Gasteiger partial charge < -0.3 is 4.74 Å². The number of halogens is 4. The summed E-state index contributed by atoms with van der Waals surface area (Å²) in [5.41, 5.74) is -0.109. The van der Waals surface area contributed by atoms with Crippen LogP contribution in [0.3, 0.4) is 0 Å². The summed E-state index contributed by atoms with van der Waals surface area (Å²) in [7, 11) is 0. The van der Waals surface area contributed by atoms with Crippen LogP contribution in [0.2, 0.25) is 0 Å². The molecule has 3 aromatic rings. The Kier molecular flexibility index (Phi) is 6.82. The van der Waals surface area contributed by atoms with Crippen molar-refractivity contribution in [1.82, 2.24) is 9.97 Å². The SMILES string of the molecule is CC=CCCc1cnc(-c2ccc(-c3ccc(OCC)c(F)c3F)c(F)c2F)nc1. The Morgan fingerprint density at radius 1 is 0.833 bits per heavy atom. The van der Waals surface area contributed by atoms with Gasteiger partial charge in [0.2, 0.25) is 5.82 Å². The average Bonchev–Trinajstić information content (AvgIpc) is 2.75. The van der Waals surface area contributed by atoms with Crippen LogP contribution in [0, 0.1) is 23.3 Å². The van der Waals surface area contributed by atoms with E-state index < -0.39 is 34.4 Å². The lowest BCUT2D eigenvalue weighted by Crippen LogP contribution is -2.01. The average molecular weight is 416 g/mol. The van der Waals surface area contributed by atoms with Gasteiger partial charge in [-0.2, -0.15) is 4.39 Å². The van der Waals surface area contributed by atoms with Crippen molar-refractivity contribution in [2.24, 2.45) is 0 Å². The van der Waals surface area contributed by atoms with Crippen LogP contribution in [0.5, 0.6) is 5.75 Å². The number of benzene rings is 2. The maximum atomic E-state index is 14.7. The molecule has 0 amide bonds. The van der Waals surface area contributed by atoms with Crippen molar-refractivity contribution in [1.29, 1.82) is 0 Å². The first-order valence-corrected chi connectivity index (χ1v) is 9.49. The summed E-state index contributed by atoms with van der Waals surface area (Å²) in [6, 6.07) is 4.75. The maximum absolute atomic E-state index is 14.7. The largest absolute Gasteiger partial charge is 0.491 e. The van der Waals surface area contributed by atoms with Crippen LogP contribution in [-0.4, -0.2) is 16.6 Å². The second-order valence-electron chi connectivity index (χ2n) is 6.48. The molecule has 1 aromatic heterocycles. The molecule has 0 N–H and O–H groups in total. The highest BCUT2D eigenvalue weighted by Crippen LogP contribution is 2.34. The number of rotatable bonds is 7. The van der Waals surface area contributed by atoms with Crippen LogP contribution in [0.15, 0.2) is 48.8 Å². The van der Waals surface area contributed by atoms with E-state index in [2.05, 4.69) is 9.97 Å². The molecule has 0 saturated carbocycles. The van der Waals surface area contributed by atoms with Crippen molar-refractivity contribution in [3.05, 3.63) is 77.6 Å². The van der Waals surface area contributed by atoms with Gasteiger partial charge in [-0.25, -0.2) is 23.1 Å². The van der Waals surface area contributed by atoms with Crippen molar-refractivity contribution >= 4 is 0 Å². The topological polar surface area (TPSA) is 35.0 Å². The smallest absolute Gasteiger partial charge is 0.201 e. The monoisotopic (exact) mass is 416 g/mol. The van der Waals surface area contributed by atoms with E-state index in [1.54, 1.807) is 19.3 Å². The van der Waals surface area contributed by atoms with Crippen molar-refractivity contribution in [3.63, 3.8) is 0 Å². The lowest BCUT2D eigenvalue weighted by molar-refractivity contribution is 0.314. The highest BCUT2D eigenvalue weighted by atomic mass is 19.2. The van der Waals surface area contributed by atoms with Crippen LogP contribution < -0.4 is 4.74 Å². The zero-order chi connectivity index (χ0) is 21.7. The molecule has 3 nitrogen and oxygen atoms in total. The Morgan fingerprint density at radius 2 is 1.40 bits per heavy atom. The molecular weight excluding hydrogens is 396 g/mol. The summed E-state index contributed by atoms with van der Waals surface area (Å²) in [6.07, 6.45) is 8.60. The number of aryl methyl sites for hydroxylation is 1. The molecule has 0 atom stereocenters. The molecule has 0 radical (unpaired) electrons. The number of hydrogen-bond donors (Lipinski definition) is 0. The number of ether oxygens (including phenoxy) is 1. The predicted octanol–water partition coefficient (Wildman–Crippen LogP) is 6.27. The molecule has 0 aliphatic heterocycles. The zero-order valence-electron chi connectivity index (χ0n) is 16.6. The minimum Gasteiger partial charge on any atom is -0.491 e. The molecule has 0 unspecified atom stereocenters. The Bertz CT molecular complexity index is 1070. The minimum atomic E-state index is -1.31. The fraction of sp³-hybridized carbons (Fsp3) is 0.217. The van der Waals surface area contributed by atoms with E-state index in [0.29, 0.717) is 0 Å². The van der Waals surface area contributed by atoms with Gasteiger partial charge >= 0.3 is 0 Å². The summed E-state index contributed by atoms with van der Waals surface area (Å²) in [4.78, 5) is 8.21. The molecule has 0 aliphatic carbocycles. The van der Waals surface area contributed by atoms with Crippen molar-refractivity contribution in [2.45, 2.75) is 26.7 Å². The molecule has 2 aromatic carbocycles. The number of aromatic nitrogens is 2. The molecule has 0 bridgehead atoms. The Balaban J connectivity index is 1.94. The Morgan fingerprint density at radius 3 is 2.03 bits per heavy atom. The van der Waals surface area contributed by atoms with Crippen LogP contribution in [0.1, 0.15) is 25.8 Å². The number of nitrogens with zero attached hydrogens (tertiary/aromatic N) is 2. The van der Waals surface area contributed by atoms with Crippen LogP contribution in [-0.2, 0) is 6.42 Å². The van der Waals surface area contributed by atoms with Gasteiger partial charge in [0.05, 0.1) is 12.2 Å². The number of hydrogen-bond acceptors (Lipinski definition) is 3. The van der Waals surface area contributed by atoms with E-state index in [4.69, 9.17) is 4.74 Å². The van der Waals surface area contributed by atoms with E-state index in [-0.39, 0.29) is 23.7 Å².